The molecular weight excluding hydrogens is 148 g/mol. The first kappa shape index (κ1) is 9.75. The van der Waals surface area contributed by atoms with Crippen molar-refractivity contribution >= 4 is 0 Å². The van der Waals surface area contributed by atoms with Gasteiger partial charge in [-0.05, 0) is 25.9 Å². The highest BCUT2D eigenvalue weighted by atomic mass is 15.2. The molecule has 1 rings (SSSR count). The summed E-state index contributed by atoms with van der Waals surface area (Å²) in [4.78, 5) is 2.47. The van der Waals surface area contributed by atoms with Crippen molar-refractivity contribution < 1.29 is 0 Å². The zero-order chi connectivity index (χ0) is 8.81. The average molecular weight is 168 g/mol. The summed E-state index contributed by atoms with van der Waals surface area (Å²) in [6, 6.07) is 0.687. The zero-order valence-corrected chi connectivity index (χ0v) is 8.05. The first-order valence-corrected chi connectivity index (χ1v) is 4.93. The molecule has 0 amide bonds. The molecule has 0 saturated carbocycles. The Morgan fingerprint density at radius 2 is 2.50 bits per heavy atom. The first-order valence-electron chi connectivity index (χ1n) is 4.93. The second-order valence-electron chi connectivity index (χ2n) is 3.46. The molecular formula is C10H20N2. The lowest BCUT2D eigenvalue weighted by Crippen LogP contribution is -2.37. The summed E-state index contributed by atoms with van der Waals surface area (Å²) >= 11 is 0. The van der Waals surface area contributed by atoms with Crippen LogP contribution in [0.15, 0.2) is 12.7 Å². The van der Waals surface area contributed by atoms with Crippen LogP contribution < -0.4 is 5.32 Å². The average Bonchev–Trinajstić information content (AvgIpc) is 2.30. The van der Waals surface area contributed by atoms with Crippen LogP contribution in [0.5, 0.6) is 0 Å². The Bertz CT molecular complexity index is 134. The van der Waals surface area contributed by atoms with E-state index >= 15 is 0 Å². The van der Waals surface area contributed by atoms with Crippen molar-refractivity contribution in [3.63, 3.8) is 0 Å². The Labute approximate surface area is 75.6 Å². The van der Waals surface area contributed by atoms with Gasteiger partial charge >= 0.3 is 0 Å². The smallest absolute Gasteiger partial charge is 0.0192 e. The highest BCUT2D eigenvalue weighted by Crippen LogP contribution is 2.02. The monoisotopic (exact) mass is 168 g/mol. The van der Waals surface area contributed by atoms with Crippen molar-refractivity contribution in [2.75, 3.05) is 26.2 Å². The minimum atomic E-state index is 0.687. The molecule has 0 bridgehead atoms. The maximum absolute atomic E-state index is 3.77. The minimum absolute atomic E-state index is 0.687. The van der Waals surface area contributed by atoms with Crippen molar-refractivity contribution in [2.24, 2.45) is 0 Å². The molecule has 1 aliphatic rings. The molecule has 0 aromatic rings. The van der Waals surface area contributed by atoms with Crippen LogP contribution >= 0.6 is 0 Å². The lowest BCUT2D eigenvalue weighted by molar-refractivity contribution is 0.292. The van der Waals surface area contributed by atoms with Crippen molar-refractivity contribution in [1.82, 2.24) is 10.2 Å². The quantitative estimate of drug-likeness (QED) is 0.638. The van der Waals surface area contributed by atoms with Gasteiger partial charge in [0.15, 0.2) is 0 Å². The van der Waals surface area contributed by atoms with Crippen molar-refractivity contribution in [1.29, 1.82) is 0 Å². The van der Waals surface area contributed by atoms with Gasteiger partial charge in [0.05, 0.1) is 0 Å². The summed E-state index contributed by atoms with van der Waals surface area (Å²) in [5.74, 6) is 0. The molecule has 1 aliphatic heterocycles. The van der Waals surface area contributed by atoms with Gasteiger partial charge in [-0.15, -0.1) is 6.58 Å². The Morgan fingerprint density at radius 1 is 1.67 bits per heavy atom. The summed E-state index contributed by atoms with van der Waals surface area (Å²) < 4.78 is 0. The standard InChI is InChI=1S/C10H20N2/c1-3-7-12-8-5-6-11-10(4-2)9-12/h3,10-11H,1,4-9H2,2H3. The Kier molecular flexibility index (Phi) is 4.33. The molecule has 0 aliphatic carbocycles. The zero-order valence-electron chi connectivity index (χ0n) is 8.05. The number of rotatable bonds is 3. The van der Waals surface area contributed by atoms with Gasteiger partial charge < -0.3 is 5.32 Å². The SMILES string of the molecule is C=CCN1CCCNC(CC)C1. The molecule has 2 heteroatoms. The van der Waals surface area contributed by atoms with Crippen LogP contribution in [0, 0.1) is 0 Å². The van der Waals surface area contributed by atoms with Crippen LogP contribution in [-0.2, 0) is 0 Å². The van der Waals surface area contributed by atoms with E-state index in [-0.39, 0.29) is 0 Å². The lowest BCUT2D eigenvalue weighted by Gasteiger charge is -2.21. The van der Waals surface area contributed by atoms with E-state index in [1.807, 2.05) is 6.08 Å². The first-order chi connectivity index (χ1) is 5.86. The van der Waals surface area contributed by atoms with Crippen LogP contribution in [0.1, 0.15) is 19.8 Å². The van der Waals surface area contributed by atoms with Crippen molar-refractivity contribution in [3.8, 4) is 0 Å². The van der Waals surface area contributed by atoms with Gasteiger partial charge in [0, 0.05) is 19.1 Å². The van der Waals surface area contributed by atoms with E-state index in [0.717, 1.165) is 6.54 Å². The van der Waals surface area contributed by atoms with Crippen LogP contribution in [-0.4, -0.2) is 37.1 Å². The van der Waals surface area contributed by atoms with E-state index in [4.69, 9.17) is 0 Å². The van der Waals surface area contributed by atoms with Gasteiger partial charge in [-0.2, -0.15) is 0 Å². The second kappa shape index (κ2) is 5.33. The minimum Gasteiger partial charge on any atom is -0.313 e. The molecule has 1 unspecified atom stereocenters. The Morgan fingerprint density at radius 3 is 3.17 bits per heavy atom. The fraction of sp³-hybridized carbons (Fsp3) is 0.800. The number of nitrogens with one attached hydrogen (secondary N) is 1. The predicted octanol–water partition coefficient (Wildman–Crippen LogP) is 1.25. The van der Waals surface area contributed by atoms with Crippen LogP contribution in [0.4, 0.5) is 0 Å². The fourth-order valence-electron chi connectivity index (χ4n) is 1.70. The third-order valence-electron chi connectivity index (χ3n) is 2.44. The molecule has 2 nitrogen and oxygen atoms in total. The van der Waals surface area contributed by atoms with Crippen LogP contribution in [0.2, 0.25) is 0 Å². The van der Waals surface area contributed by atoms with E-state index < -0.39 is 0 Å². The second-order valence-corrected chi connectivity index (χ2v) is 3.46. The molecule has 1 saturated heterocycles. The normalized spacial score (nSPS) is 26.6. The van der Waals surface area contributed by atoms with E-state index in [0.29, 0.717) is 6.04 Å². The van der Waals surface area contributed by atoms with E-state index in [9.17, 15) is 0 Å². The molecule has 12 heavy (non-hydrogen) atoms. The third-order valence-corrected chi connectivity index (χ3v) is 2.44. The third kappa shape index (κ3) is 2.95. The lowest BCUT2D eigenvalue weighted by atomic mass is 10.2. The van der Waals surface area contributed by atoms with E-state index in [2.05, 4.69) is 23.7 Å². The number of nitrogens with zero attached hydrogens (tertiary/aromatic N) is 1. The Balaban J connectivity index is 2.35. The maximum Gasteiger partial charge on any atom is 0.0192 e. The highest BCUT2D eigenvalue weighted by molar-refractivity contribution is 4.80. The van der Waals surface area contributed by atoms with Gasteiger partial charge in [0.25, 0.3) is 0 Å². The van der Waals surface area contributed by atoms with E-state index in [1.54, 1.807) is 0 Å². The summed E-state index contributed by atoms with van der Waals surface area (Å²) in [7, 11) is 0. The van der Waals surface area contributed by atoms with Crippen LogP contribution in [0.3, 0.4) is 0 Å². The molecule has 0 aromatic heterocycles. The molecule has 1 atom stereocenters. The summed E-state index contributed by atoms with van der Waals surface area (Å²) in [5, 5.41) is 3.54. The van der Waals surface area contributed by atoms with Gasteiger partial charge in [-0.25, -0.2) is 0 Å². The molecule has 1 fully saturated rings. The van der Waals surface area contributed by atoms with E-state index in [1.165, 1.54) is 32.5 Å². The fourth-order valence-corrected chi connectivity index (χ4v) is 1.70. The van der Waals surface area contributed by atoms with Gasteiger partial charge in [0.1, 0.15) is 0 Å². The van der Waals surface area contributed by atoms with Gasteiger partial charge in [-0.3, -0.25) is 4.90 Å². The molecule has 1 N–H and O–H groups in total. The molecule has 0 spiro atoms. The Hall–Kier alpha value is -0.340. The van der Waals surface area contributed by atoms with Crippen LogP contribution in [0.25, 0.3) is 0 Å². The molecule has 1 heterocycles. The molecule has 0 radical (unpaired) electrons. The topological polar surface area (TPSA) is 15.3 Å². The number of hydrogen-bond donors (Lipinski definition) is 1. The summed E-state index contributed by atoms with van der Waals surface area (Å²) in [6.07, 6.45) is 4.50. The summed E-state index contributed by atoms with van der Waals surface area (Å²) in [6.45, 7) is 10.6. The number of hydrogen-bond acceptors (Lipinski definition) is 2. The van der Waals surface area contributed by atoms with Gasteiger partial charge in [0.2, 0.25) is 0 Å². The van der Waals surface area contributed by atoms with Crippen molar-refractivity contribution in [3.05, 3.63) is 12.7 Å². The summed E-state index contributed by atoms with van der Waals surface area (Å²) in [5.41, 5.74) is 0. The van der Waals surface area contributed by atoms with Crippen molar-refractivity contribution in [2.45, 2.75) is 25.8 Å². The maximum atomic E-state index is 3.77. The largest absolute Gasteiger partial charge is 0.313 e. The van der Waals surface area contributed by atoms with Gasteiger partial charge in [-0.1, -0.05) is 13.0 Å². The molecule has 70 valence electrons. The highest BCUT2D eigenvalue weighted by Gasteiger charge is 2.14. The predicted molar refractivity (Wildman–Crippen MR) is 53.3 cm³/mol. The molecule has 0 aromatic carbocycles.